The van der Waals surface area contributed by atoms with Crippen LogP contribution >= 0.6 is 34.3 Å². The van der Waals surface area contributed by atoms with Gasteiger partial charge in [0.25, 0.3) is 5.91 Å². The minimum absolute atomic E-state index is 0.122. The lowest BCUT2D eigenvalue weighted by Crippen LogP contribution is -2.28. The summed E-state index contributed by atoms with van der Waals surface area (Å²) in [4.78, 5) is 13.6. The minimum Gasteiger partial charge on any atom is -0.340 e. The second-order valence-corrected chi connectivity index (χ2v) is 6.68. The molecule has 1 amide bonds. The Bertz CT molecular complexity index is 688. The van der Waals surface area contributed by atoms with Gasteiger partial charge in [0.15, 0.2) is 0 Å². The van der Waals surface area contributed by atoms with Crippen molar-refractivity contribution in [1.29, 1.82) is 0 Å². The summed E-state index contributed by atoms with van der Waals surface area (Å²) in [6.07, 6.45) is 0. The highest BCUT2D eigenvalue weighted by Crippen LogP contribution is 2.28. The van der Waals surface area contributed by atoms with E-state index in [1.54, 1.807) is 46.9 Å². The van der Waals surface area contributed by atoms with E-state index in [2.05, 4.69) is 10.7 Å². The number of hydrogen-bond donors (Lipinski definition) is 1. The van der Waals surface area contributed by atoms with Gasteiger partial charge >= 0.3 is 0 Å². The molecule has 0 bridgehead atoms. The molecule has 2 heterocycles. The first-order valence-electron chi connectivity index (χ1n) is 6.36. The topological polar surface area (TPSA) is 29.1 Å². The van der Waals surface area contributed by atoms with E-state index in [4.69, 9.17) is 11.6 Å². The van der Waals surface area contributed by atoms with Crippen LogP contribution < -0.4 is 5.32 Å². The Morgan fingerprint density at radius 1 is 1.14 bits per heavy atom. The minimum atomic E-state index is -0.123. The van der Waals surface area contributed by atoms with Gasteiger partial charge in [-0.2, -0.15) is 11.3 Å². The standard InChI is InChI=1S/C16H12ClNOS2/c17-13-4-1-3-11(9-13)16(19)18-15(12-6-8-20-10-12)14-5-2-7-21-14/h1-10,15H,(H,18,19)/t15-/m1/s1. The Kier molecular flexibility index (Phi) is 4.39. The van der Waals surface area contributed by atoms with Crippen molar-refractivity contribution in [2.75, 3.05) is 0 Å². The molecule has 0 saturated heterocycles. The van der Waals surface area contributed by atoms with Crippen molar-refractivity contribution >= 4 is 40.2 Å². The van der Waals surface area contributed by atoms with E-state index < -0.39 is 0 Å². The fourth-order valence-corrected chi connectivity index (χ4v) is 3.74. The summed E-state index contributed by atoms with van der Waals surface area (Å²) in [5.74, 6) is -0.123. The smallest absolute Gasteiger partial charge is 0.252 e. The zero-order valence-corrected chi connectivity index (χ0v) is 13.3. The summed E-state index contributed by atoms with van der Waals surface area (Å²) in [7, 11) is 0. The molecule has 1 aromatic carbocycles. The van der Waals surface area contributed by atoms with E-state index in [1.807, 2.05) is 29.0 Å². The van der Waals surface area contributed by atoms with Crippen LogP contribution in [0.5, 0.6) is 0 Å². The molecule has 3 aromatic rings. The molecule has 3 rings (SSSR count). The highest BCUT2D eigenvalue weighted by molar-refractivity contribution is 7.10. The van der Waals surface area contributed by atoms with Crippen molar-refractivity contribution in [3.63, 3.8) is 0 Å². The van der Waals surface area contributed by atoms with Gasteiger partial charge in [0.1, 0.15) is 0 Å². The molecule has 0 radical (unpaired) electrons. The lowest BCUT2D eigenvalue weighted by Gasteiger charge is -2.16. The van der Waals surface area contributed by atoms with Gasteiger partial charge in [-0.15, -0.1) is 11.3 Å². The van der Waals surface area contributed by atoms with Gasteiger partial charge < -0.3 is 5.32 Å². The molecule has 2 aromatic heterocycles. The number of nitrogens with one attached hydrogen (secondary N) is 1. The van der Waals surface area contributed by atoms with E-state index in [1.165, 1.54) is 0 Å². The summed E-state index contributed by atoms with van der Waals surface area (Å²) in [5.41, 5.74) is 1.66. The van der Waals surface area contributed by atoms with Crippen LogP contribution in [0.3, 0.4) is 0 Å². The molecule has 0 saturated carbocycles. The second kappa shape index (κ2) is 6.43. The number of carbonyl (C=O) groups is 1. The third kappa shape index (κ3) is 3.35. The molecule has 0 spiro atoms. The van der Waals surface area contributed by atoms with Crippen molar-refractivity contribution in [3.05, 3.63) is 79.6 Å². The third-order valence-electron chi connectivity index (χ3n) is 3.07. The van der Waals surface area contributed by atoms with E-state index >= 15 is 0 Å². The third-order valence-corrected chi connectivity index (χ3v) is 4.94. The van der Waals surface area contributed by atoms with Crippen molar-refractivity contribution in [2.24, 2.45) is 0 Å². The Morgan fingerprint density at radius 3 is 2.71 bits per heavy atom. The van der Waals surface area contributed by atoms with E-state index in [9.17, 15) is 4.79 Å². The Morgan fingerprint density at radius 2 is 2.05 bits per heavy atom. The van der Waals surface area contributed by atoms with E-state index in [0.717, 1.165) is 10.4 Å². The molecule has 106 valence electrons. The predicted octanol–water partition coefficient (Wildman–Crippen LogP) is 4.98. The average Bonchev–Trinajstić information content (AvgIpc) is 3.18. The molecule has 0 aliphatic rings. The van der Waals surface area contributed by atoms with Gasteiger partial charge in [0, 0.05) is 15.5 Å². The number of carbonyl (C=O) groups excluding carboxylic acids is 1. The van der Waals surface area contributed by atoms with Crippen LogP contribution in [0.1, 0.15) is 26.8 Å². The van der Waals surface area contributed by atoms with Gasteiger partial charge in [0.05, 0.1) is 6.04 Å². The molecule has 0 aliphatic heterocycles. The van der Waals surface area contributed by atoms with Gasteiger partial charge in [-0.3, -0.25) is 4.79 Å². The lowest BCUT2D eigenvalue weighted by atomic mass is 10.1. The van der Waals surface area contributed by atoms with Crippen LogP contribution in [0.2, 0.25) is 5.02 Å². The lowest BCUT2D eigenvalue weighted by molar-refractivity contribution is 0.0943. The number of benzene rings is 1. The second-order valence-electron chi connectivity index (χ2n) is 4.49. The number of rotatable bonds is 4. The zero-order chi connectivity index (χ0) is 14.7. The van der Waals surface area contributed by atoms with Crippen LogP contribution in [-0.2, 0) is 0 Å². The largest absolute Gasteiger partial charge is 0.340 e. The summed E-state index contributed by atoms with van der Waals surface area (Å²) < 4.78 is 0. The predicted molar refractivity (Wildman–Crippen MR) is 89.4 cm³/mol. The maximum Gasteiger partial charge on any atom is 0.252 e. The molecule has 0 fully saturated rings. The maximum atomic E-state index is 12.4. The van der Waals surface area contributed by atoms with Gasteiger partial charge in [-0.05, 0) is 52.0 Å². The number of hydrogen-bond acceptors (Lipinski definition) is 3. The molecule has 21 heavy (non-hydrogen) atoms. The normalized spacial score (nSPS) is 12.0. The molecule has 1 atom stereocenters. The molecular formula is C16H12ClNOS2. The molecule has 1 N–H and O–H groups in total. The van der Waals surface area contributed by atoms with Gasteiger partial charge in [-0.25, -0.2) is 0 Å². The first-order valence-corrected chi connectivity index (χ1v) is 8.56. The van der Waals surface area contributed by atoms with Gasteiger partial charge in [0.2, 0.25) is 0 Å². The first kappa shape index (κ1) is 14.3. The summed E-state index contributed by atoms with van der Waals surface area (Å²) in [5, 5.41) is 9.73. The van der Waals surface area contributed by atoms with Crippen molar-refractivity contribution in [3.8, 4) is 0 Å². The fraction of sp³-hybridized carbons (Fsp3) is 0.0625. The van der Waals surface area contributed by atoms with E-state index in [-0.39, 0.29) is 11.9 Å². The monoisotopic (exact) mass is 333 g/mol. The summed E-state index contributed by atoms with van der Waals surface area (Å²) in [6, 6.07) is 12.9. The quantitative estimate of drug-likeness (QED) is 0.716. The summed E-state index contributed by atoms with van der Waals surface area (Å²) in [6.45, 7) is 0. The van der Waals surface area contributed by atoms with Crippen molar-refractivity contribution < 1.29 is 4.79 Å². The van der Waals surface area contributed by atoms with Crippen LogP contribution in [0, 0.1) is 0 Å². The van der Waals surface area contributed by atoms with Crippen molar-refractivity contribution in [1.82, 2.24) is 5.32 Å². The summed E-state index contributed by atoms with van der Waals surface area (Å²) >= 11 is 9.20. The first-order chi connectivity index (χ1) is 10.2. The number of halogens is 1. The highest BCUT2D eigenvalue weighted by Gasteiger charge is 2.19. The van der Waals surface area contributed by atoms with E-state index in [0.29, 0.717) is 10.6 Å². The van der Waals surface area contributed by atoms with Crippen LogP contribution in [-0.4, -0.2) is 5.91 Å². The molecular weight excluding hydrogens is 322 g/mol. The van der Waals surface area contributed by atoms with Crippen LogP contribution in [0.25, 0.3) is 0 Å². The average molecular weight is 334 g/mol. The zero-order valence-electron chi connectivity index (χ0n) is 11.0. The number of thiophene rings is 2. The highest BCUT2D eigenvalue weighted by atomic mass is 35.5. The SMILES string of the molecule is O=C(N[C@H](c1ccsc1)c1cccs1)c1cccc(Cl)c1. The fourth-order valence-electron chi connectivity index (χ4n) is 2.06. The Hall–Kier alpha value is -1.62. The van der Waals surface area contributed by atoms with Crippen molar-refractivity contribution in [2.45, 2.75) is 6.04 Å². The molecule has 2 nitrogen and oxygen atoms in total. The van der Waals surface area contributed by atoms with Crippen LogP contribution in [0.4, 0.5) is 0 Å². The molecule has 5 heteroatoms. The Balaban J connectivity index is 1.87. The Labute approximate surface area is 136 Å². The van der Waals surface area contributed by atoms with Gasteiger partial charge in [-0.1, -0.05) is 23.7 Å². The molecule has 0 aliphatic carbocycles. The molecule has 0 unspecified atom stereocenters. The van der Waals surface area contributed by atoms with Crippen LogP contribution in [0.15, 0.2) is 58.6 Å². The maximum absolute atomic E-state index is 12.4. The number of amides is 1.